The van der Waals surface area contributed by atoms with Gasteiger partial charge in [-0.2, -0.15) is 0 Å². The average molecular weight is 210 g/mol. The molecule has 0 saturated heterocycles. The Labute approximate surface area is 79.9 Å². The maximum Gasteiger partial charge on any atom is 0.305 e. The minimum absolute atomic E-state index is 0.400. The van der Waals surface area contributed by atoms with Crippen LogP contribution in [0.1, 0.15) is 25.7 Å². The van der Waals surface area contributed by atoms with Crippen molar-refractivity contribution in [2.75, 3.05) is 7.11 Å². The first kappa shape index (κ1) is 12.8. The van der Waals surface area contributed by atoms with Gasteiger partial charge in [0.1, 0.15) is 0 Å². The second-order valence-electron chi connectivity index (χ2n) is 2.83. The summed E-state index contributed by atoms with van der Waals surface area (Å²) in [5.74, 6) is -5.12. The quantitative estimate of drug-likeness (QED) is 0.674. The van der Waals surface area contributed by atoms with Crippen LogP contribution in [0.3, 0.4) is 0 Å². The van der Waals surface area contributed by atoms with Gasteiger partial charge < -0.3 is 9.84 Å². The van der Waals surface area contributed by atoms with E-state index in [1.165, 1.54) is 0 Å². The SMILES string of the molecule is COC(=O)CCC(F)(F)CCC(=O)O. The largest absolute Gasteiger partial charge is 0.481 e. The van der Waals surface area contributed by atoms with E-state index in [4.69, 9.17) is 5.11 Å². The Hall–Kier alpha value is -1.20. The zero-order valence-corrected chi connectivity index (χ0v) is 7.76. The Balaban J connectivity index is 3.82. The van der Waals surface area contributed by atoms with Crippen molar-refractivity contribution in [1.82, 2.24) is 0 Å². The highest BCUT2D eigenvalue weighted by molar-refractivity contribution is 5.69. The number of carboxylic acid groups (broad SMARTS) is 1. The lowest BCUT2D eigenvalue weighted by molar-refractivity contribution is -0.143. The molecule has 6 heteroatoms. The molecule has 1 N–H and O–H groups in total. The molecule has 0 aliphatic carbocycles. The number of carboxylic acids is 1. The molecule has 0 atom stereocenters. The number of methoxy groups -OCH3 is 1. The second kappa shape index (κ2) is 5.51. The van der Waals surface area contributed by atoms with Crippen LogP contribution in [-0.2, 0) is 14.3 Å². The molecule has 0 rings (SSSR count). The topological polar surface area (TPSA) is 63.6 Å². The van der Waals surface area contributed by atoms with Crippen molar-refractivity contribution in [2.24, 2.45) is 0 Å². The maximum atomic E-state index is 12.8. The molecule has 0 heterocycles. The number of hydrogen-bond acceptors (Lipinski definition) is 3. The lowest BCUT2D eigenvalue weighted by Crippen LogP contribution is -2.19. The van der Waals surface area contributed by atoms with Crippen molar-refractivity contribution >= 4 is 11.9 Å². The van der Waals surface area contributed by atoms with E-state index in [2.05, 4.69) is 4.74 Å². The van der Waals surface area contributed by atoms with Crippen molar-refractivity contribution < 1.29 is 28.2 Å². The predicted octanol–water partition coefficient (Wildman–Crippen LogP) is 1.44. The zero-order valence-electron chi connectivity index (χ0n) is 7.76. The molecule has 0 radical (unpaired) electrons. The standard InChI is InChI=1S/C8H12F2O4/c1-14-7(13)3-5-8(9,10)4-2-6(11)12/h2-5H2,1H3,(H,11,12). The normalized spacial score (nSPS) is 11.1. The molecule has 0 amide bonds. The highest BCUT2D eigenvalue weighted by atomic mass is 19.3. The molecule has 14 heavy (non-hydrogen) atoms. The van der Waals surface area contributed by atoms with Crippen molar-refractivity contribution in [3.8, 4) is 0 Å². The number of carbonyl (C=O) groups is 2. The summed E-state index contributed by atoms with van der Waals surface area (Å²) < 4.78 is 29.8. The van der Waals surface area contributed by atoms with Gasteiger partial charge in [-0.15, -0.1) is 0 Å². The van der Waals surface area contributed by atoms with Gasteiger partial charge in [0.2, 0.25) is 5.92 Å². The summed E-state index contributed by atoms with van der Waals surface area (Å²) in [4.78, 5) is 20.5. The molecule has 0 aliphatic rings. The highest BCUT2D eigenvalue weighted by Gasteiger charge is 2.30. The van der Waals surface area contributed by atoms with Crippen LogP contribution in [0.2, 0.25) is 0 Å². The molecule has 0 saturated carbocycles. The summed E-state index contributed by atoms with van der Waals surface area (Å²) in [7, 11) is 1.11. The van der Waals surface area contributed by atoms with Gasteiger partial charge in [-0.25, -0.2) is 8.78 Å². The average Bonchev–Trinajstić information content (AvgIpc) is 2.11. The molecule has 0 unspecified atom stereocenters. The van der Waals surface area contributed by atoms with Crippen LogP contribution in [0.5, 0.6) is 0 Å². The third kappa shape index (κ3) is 6.33. The minimum atomic E-state index is -3.12. The van der Waals surface area contributed by atoms with Gasteiger partial charge in [0.15, 0.2) is 0 Å². The first-order valence-electron chi connectivity index (χ1n) is 4.04. The van der Waals surface area contributed by atoms with Crippen LogP contribution in [0.25, 0.3) is 0 Å². The van der Waals surface area contributed by atoms with Crippen LogP contribution < -0.4 is 0 Å². The lowest BCUT2D eigenvalue weighted by Gasteiger charge is -2.13. The number of esters is 1. The smallest absolute Gasteiger partial charge is 0.305 e. The van der Waals surface area contributed by atoms with E-state index in [1.807, 2.05) is 0 Å². The van der Waals surface area contributed by atoms with E-state index in [-0.39, 0.29) is 0 Å². The van der Waals surface area contributed by atoms with E-state index < -0.39 is 43.5 Å². The van der Waals surface area contributed by atoms with E-state index in [9.17, 15) is 18.4 Å². The molecular weight excluding hydrogens is 198 g/mol. The number of hydrogen-bond donors (Lipinski definition) is 1. The van der Waals surface area contributed by atoms with Gasteiger partial charge in [-0.05, 0) is 0 Å². The Morgan fingerprint density at radius 1 is 1.29 bits per heavy atom. The van der Waals surface area contributed by atoms with Crippen molar-refractivity contribution in [3.63, 3.8) is 0 Å². The summed E-state index contributed by atoms with van der Waals surface area (Å²) in [6.07, 6.45) is -2.43. The van der Waals surface area contributed by atoms with Crippen molar-refractivity contribution in [1.29, 1.82) is 0 Å². The van der Waals surface area contributed by atoms with Gasteiger partial charge in [0.05, 0.1) is 20.0 Å². The molecule has 0 fully saturated rings. The summed E-state index contributed by atoms with van der Waals surface area (Å²) >= 11 is 0. The monoisotopic (exact) mass is 210 g/mol. The molecule has 0 spiro atoms. The number of aliphatic carboxylic acids is 1. The van der Waals surface area contributed by atoms with E-state index in [0.29, 0.717) is 0 Å². The van der Waals surface area contributed by atoms with Gasteiger partial charge in [0, 0.05) is 12.8 Å². The van der Waals surface area contributed by atoms with E-state index in [0.717, 1.165) is 7.11 Å². The lowest BCUT2D eigenvalue weighted by atomic mass is 10.1. The number of rotatable bonds is 6. The van der Waals surface area contributed by atoms with Gasteiger partial charge in [-0.3, -0.25) is 9.59 Å². The molecule has 0 aromatic carbocycles. The van der Waals surface area contributed by atoms with Gasteiger partial charge in [-0.1, -0.05) is 0 Å². The molecule has 0 aromatic heterocycles. The molecular formula is C8H12F2O4. The Kier molecular flexibility index (Phi) is 5.04. The van der Waals surface area contributed by atoms with Crippen LogP contribution in [-0.4, -0.2) is 30.1 Å². The van der Waals surface area contributed by atoms with E-state index in [1.54, 1.807) is 0 Å². The molecule has 0 aromatic rings. The molecule has 0 bridgehead atoms. The fraction of sp³-hybridized carbons (Fsp3) is 0.750. The Morgan fingerprint density at radius 3 is 2.21 bits per heavy atom. The first-order valence-corrected chi connectivity index (χ1v) is 4.04. The number of halogens is 2. The Bertz CT molecular complexity index is 215. The fourth-order valence-corrected chi connectivity index (χ4v) is 0.802. The molecule has 4 nitrogen and oxygen atoms in total. The number of ether oxygens (including phenoxy) is 1. The van der Waals surface area contributed by atoms with Crippen molar-refractivity contribution in [2.45, 2.75) is 31.6 Å². The van der Waals surface area contributed by atoms with Gasteiger partial charge in [0.25, 0.3) is 0 Å². The van der Waals surface area contributed by atoms with Crippen LogP contribution in [0, 0.1) is 0 Å². The van der Waals surface area contributed by atoms with E-state index >= 15 is 0 Å². The highest BCUT2D eigenvalue weighted by Crippen LogP contribution is 2.26. The second-order valence-corrected chi connectivity index (χ2v) is 2.83. The van der Waals surface area contributed by atoms with Crippen molar-refractivity contribution in [3.05, 3.63) is 0 Å². The Morgan fingerprint density at radius 2 is 1.79 bits per heavy atom. The first-order chi connectivity index (χ1) is 6.37. The number of alkyl halides is 2. The van der Waals surface area contributed by atoms with Gasteiger partial charge >= 0.3 is 11.9 Å². The third-order valence-corrected chi connectivity index (χ3v) is 1.63. The summed E-state index contributed by atoms with van der Waals surface area (Å²) in [5.41, 5.74) is 0. The minimum Gasteiger partial charge on any atom is -0.481 e. The van der Waals surface area contributed by atoms with Crippen LogP contribution in [0.15, 0.2) is 0 Å². The summed E-state index contributed by atoms with van der Waals surface area (Å²) in [6, 6.07) is 0. The summed E-state index contributed by atoms with van der Waals surface area (Å²) in [5, 5.41) is 8.18. The molecule has 0 aliphatic heterocycles. The summed E-state index contributed by atoms with van der Waals surface area (Å²) in [6.45, 7) is 0. The maximum absolute atomic E-state index is 12.8. The van der Waals surface area contributed by atoms with Crippen LogP contribution >= 0.6 is 0 Å². The number of carbonyl (C=O) groups excluding carboxylic acids is 1. The predicted molar refractivity (Wildman–Crippen MR) is 43.1 cm³/mol. The molecule has 82 valence electrons. The zero-order chi connectivity index (χ0) is 11.2. The van der Waals surface area contributed by atoms with Crippen LogP contribution in [0.4, 0.5) is 8.78 Å². The fourth-order valence-electron chi connectivity index (χ4n) is 0.802. The third-order valence-electron chi connectivity index (χ3n) is 1.63.